The molecular weight excluding hydrogens is 248 g/mol. The molecule has 0 aliphatic carbocycles. The highest BCUT2D eigenvalue weighted by Crippen LogP contribution is 2.13. The van der Waals surface area contributed by atoms with E-state index >= 15 is 0 Å². The van der Waals surface area contributed by atoms with Crippen molar-refractivity contribution in [3.63, 3.8) is 0 Å². The predicted molar refractivity (Wildman–Crippen MR) is 86.3 cm³/mol. The lowest BCUT2D eigenvalue weighted by Crippen LogP contribution is -2.27. The number of nitrogens with one attached hydrogen (secondary N) is 1. The van der Waals surface area contributed by atoms with Crippen LogP contribution in [0.2, 0.25) is 0 Å². The minimum atomic E-state index is 0.702. The van der Waals surface area contributed by atoms with E-state index in [0.717, 1.165) is 38.5 Å². The molecule has 0 amide bonds. The fourth-order valence-corrected chi connectivity index (χ4v) is 2.19. The molecule has 0 saturated carbocycles. The molecule has 0 radical (unpaired) electrons. The van der Waals surface area contributed by atoms with Gasteiger partial charge in [0.2, 0.25) is 0 Å². The molecule has 1 aromatic rings. The summed E-state index contributed by atoms with van der Waals surface area (Å²) in [6, 6.07) is 8.37. The van der Waals surface area contributed by atoms with E-state index in [1.54, 1.807) is 0 Å². The maximum absolute atomic E-state index is 5.84. The van der Waals surface area contributed by atoms with Crippen molar-refractivity contribution in [2.75, 3.05) is 33.3 Å². The minimum absolute atomic E-state index is 0.702. The van der Waals surface area contributed by atoms with E-state index in [2.05, 4.69) is 56.2 Å². The van der Waals surface area contributed by atoms with E-state index in [4.69, 9.17) is 4.74 Å². The summed E-state index contributed by atoms with van der Waals surface area (Å²) in [4.78, 5) is 2.32. The normalized spacial score (nSPS) is 11.3. The molecule has 0 atom stereocenters. The molecular formula is C17H30N2O. The quantitative estimate of drug-likeness (QED) is 0.665. The zero-order chi connectivity index (χ0) is 14.8. The molecule has 114 valence electrons. The van der Waals surface area contributed by atoms with Gasteiger partial charge in [0, 0.05) is 19.6 Å². The van der Waals surface area contributed by atoms with Crippen molar-refractivity contribution in [1.82, 2.24) is 10.2 Å². The molecule has 1 aromatic carbocycles. The van der Waals surface area contributed by atoms with Crippen LogP contribution < -0.4 is 10.1 Å². The summed E-state index contributed by atoms with van der Waals surface area (Å²) in [6.45, 7) is 11.5. The standard InChI is InChI=1S/C17H30N2O/c1-5-9-18-13-16-7-6-8-17(12-16)20-11-10-19(4)14-15(2)3/h6-8,12,15,18H,5,9-11,13-14H2,1-4H3. The van der Waals surface area contributed by atoms with Crippen LogP contribution in [0.15, 0.2) is 24.3 Å². The van der Waals surface area contributed by atoms with Crippen molar-refractivity contribution in [2.24, 2.45) is 5.92 Å². The number of likely N-dealkylation sites (N-methyl/N-ethyl adjacent to an activating group) is 1. The topological polar surface area (TPSA) is 24.5 Å². The molecule has 3 heteroatoms. The van der Waals surface area contributed by atoms with Crippen LogP contribution >= 0.6 is 0 Å². The van der Waals surface area contributed by atoms with Gasteiger partial charge in [-0.05, 0) is 43.6 Å². The molecule has 0 unspecified atom stereocenters. The van der Waals surface area contributed by atoms with Crippen LogP contribution in [0, 0.1) is 5.92 Å². The second-order valence-electron chi connectivity index (χ2n) is 5.83. The smallest absolute Gasteiger partial charge is 0.119 e. The average Bonchev–Trinajstić information content (AvgIpc) is 2.39. The second-order valence-corrected chi connectivity index (χ2v) is 5.83. The molecule has 0 aliphatic heterocycles. The Kier molecular flexibility index (Phi) is 8.31. The van der Waals surface area contributed by atoms with Crippen LogP contribution in [-0.2, 0) is 6.54 Å². The van der Waals surface area contributed by atoms with Crippen LogP contribution in [0.4, 0.5) is 0 Å². The molecule has 3 nitrogen and oxygen atoms in total. The van der Waals surface area contributed by atoms with Gasteiger partial charge in [-0.15, -0.1) is 0 Å². The van der Waals surface area contributed by atoms with E-state index in [1.165, 1.54) is 12.0 Å². The van der Waals surface area contributed by atoms with Gasteiger partial charge in [0.05, 0.1) is 0 Å². The molecule has 1 rings (SSSR count). The Balaban J connectivity index is 2.31. The summed E-state index contributed by atoms with van der Waals surface area (Å²) in [5.41, 5.74) is 1.28. The van der Waals surface area contributed by atoms with Gasteiger partial charge in [-0.3, -0.25) is 0 Å². The molecule has 0 heterocycles. The van der Waals surface area contributed by atoms with Gasteiger partial charge in [-0.1, -0.05) is 32.9 Å². The lowest BCUT2D eigenvalue weighted by atomic mass is 10.2. The van der Waals surface area contributed by atoms with Crippen molar-refractivity contribution in [2.45, 2.75) is 33.7 Å². The van der Waals surface area contributed by atoms with E-state index in [-0.39, 0.29) is 0 Å². The zero-order valence-corrected chi connectivity index (χ0v) is 13.5. The van der Waals surface area contributed by atoms with Gasteiger partial charge < -0.3 is 15.0 Å². The highest BCUT2D eigenvalue weighted by atomic mass is 16.5. The summed E-state index contributed by atoms with van der Waals surface area (Å²) >= 11 is 0. The Morgan fingerprint density at radius 2 is 2.10 bits per heavy atom. The van der Waals surface area contributed by atoms with Gasteiger partial charge in [0.15, 0.2) is 0 Å². The first kappa shape index (κ1) is 17.0. The lowest BCUT2D eigenvalue weighted by Gasteiger charge is -2.19. The molecule has 20 heavy (non-hydrogen) atoms. The molecule has 0 spiro atoms. The van der Waals surface area contributed by atoms with E-state index < -0.39 is 0 Å². The fraction of sp³-hybridized carbons (Fsp3) is 0.647. The Bertz CT molecular complexity index is 366. The van der Waals surface area contributed by atoms with E-state index in [9.17, 15) is 0 Å². The molecule has 0 aliphatic rings. The second kappa shape index (κ2) is 9.78. The number of rotatable bonds is 10. The molecule has 0 fully saturated rings. The maximum Gasteiger partial charge on any atom is 0.119 e. The molecule has 0 bridgehead atoms. The van der Waals surface area contributed by atoms with Crippen molar-refractivity contribution in [3.8, 4) is 5.75 Å². The summed E-state index contributed by atoms with van der Waals surface area (Å²) in [7, 11) is 2.15. The summed E-state index contributed by atoms with van der Waals surface area (Å²) in [6.07, 6.45) is 1.17. The molecule has 0 aromatic heterocycles. The van der Waals surface area contributed by atoms with Crippen molar-refractivity contribution in [1.29, 1.82) is 0 Å². The number of hydrogen-bond donors (Lipinski definition) is 1. The van der Waals surface area contributed by atoms with Crippen molar-refractivity contribution < 1.29 is 4.74 Å². The highest BCUT2D eigenvalue weighted by molar-refractivity contribution is 5.28. The maximum atomic E-state index is 5.84. The Morgan fingerprint density at radius 3 is 2.80 bits per heavy atom. The first-order chi connectivity index (χ1) is 9.61. The summed E-state index contributed by atoms with van der Waals surface area (Å²) in [5.74, 6) is 1.67. The van der Waals surface area contributed by atoms with Gasteiger partial charge >= 0.3 is 0 Å². The highest BCUT2D eigenvalue weighted by Gasteiger charge is 2.02. The molecule has 1 N–H and O–H groups in total. The van der Waals surface area contributed by atoms with Gasteiger partial charge in [0.1, 0.15) is 12.4 Å². The van der Waals surface area contributed by atoms with Crippen LogP contribution in [0.5, 0.6) is 5.75 Å². The third kappa shape index (κ3) is 7.51. The van der Waals surface area contributed by atoms with Crippen LogP contribution in [-0.4, -0.2) is 38.2 Å². The van der Waals surface area contributed by atoms with Crippen LogP contribution in [0.1, 0.15) is 32.8 Å². The SMILES string of the molecule is CCCNCc1cccc(OCCN(C)CC(C)C)c1. The first-order valence-electron chi connectivity index (χ1n) is 7.72. The van der Waals surface area contributed by atoms with Gasteiger partial charge in [-0.25, -0.2) is 0 Å². The Hall–Kier alpha value is -1.06. The minimum Gasteiger partial charge on any atom is -0.492 e. The third-order valence-corrected chi connectivity index (χ3v) is 3.07. The van der Waals surface area contributed by atoms with E-state index in [1.807, 2.05) is 6.07 Å². The zero-order valence-electron chi connectivity index (χ0n) is 13.5. The molecule has 0 saturated heterocycles. The van der Waals surface area contributed by atoms with Gasteiger partial charge in [0.25, 0.3) is 0 Å². The largest absolute Gasteiger partial charge is 0.492 e. The predicted octanol–water partition coefficient (Wildman–Crippen LogP) is 3.15. The van der Waals surface area contributed by atoms with Crippen molar-refractivity contribution in [3.05, 3.63) is 29.8 Å². The first-order valence-corrected chi connectivity index (χ1v) is 7.72. The number of hydrogen-bond acceptors (Lipinski definition) is 3. The number of benzene rings is 1. The van der Waals surface area contributed by atoms with Gasteiger partial charge in [-0.2, -0.15) is 0 Å². The lowest BCUT2D eigenvalue weighted by molar-refractivity contribution is 0.222. The van der Waals surface area contributed by atoms with Crippen molar-refractivity contribution >= 4 is 0 Å². The Labute approximate surface area is 124 Å². The van der Waals surface area contributed by atoms with Crippen LogP contribution in [0.3, 0.4) is 0 Å². The number of ether oxygens (including phenoxy) is 1. The van der Waals surface area contributed by atoms with E-state index in [0.29, 0.717) is 5.92 Å². The monoisotopic (exact) mass is 278 g/mol. The Morgan fingerprint density at radius 1 is 1.30 bits per heavy atom. The number of nitrogens with zero attached hydrogens (tertiary/aromatic N) is 1. The average molecular weight is 278 g/mol. The fourth-order valence-electron chi connectivity index (χ4n) is 2.19. The summed E-state index contributed by atoms with van der Waals surface area (Å²) in [5, 5.41) is 3.41. The van der Waals surface area contributed by atoms with Crippen LogP contribution in [0.25, 0.3) is 0 Å². The third-order valence-electron chi connectivity index (χ3n) is 3.07. The summed E-state index contributed by atoms with van der Waals surface area (Å²) < 4.78 is 5.84.